The van der Waals surface area contributed by atoms with Gasteiger partial charge in [0.05, 0.1) is 61.7 Å². The second-order valence-corrected chi connectivity index (χ2v) is 19.9. The molecule has 6 heterocycles. The molecule has 7 aromatic rings. The maximum atomic E-state index is 13.3. The summed E-state index contributed by atoms with van der Waals surface area (Å²) < 4.78 is 19.4. The van der Waals surface area contributed by atoms with Crippen LogP contribution in [0.5, 0.6) is 5.75 Å². The summed E-state index contributed by atoms with van der Waals surface area (Å²) in [6.45, 7) is 7.81. The number of nitrogens with one attached hydrogen (secondary N) is 3. The van der Waals surface area contributed by atoms with E-state index in [9.17, 15) is 19.2 Å². The molecule has 0 bridgehead atoms. The molecule has 396 valence electrons. The lowest BCUT2D eigenvalue weighted by Gasteiger charge is -2.27. The number of rotatable bonds is 23. The summed E-state index contributed by atoms with van der Waals surface area (Å²) in [4.78, 5) is 66.2. The normalized spacial score (nSPS) is 17.3. The quantitative estimate of drug-likeness (QED) is 0.0311. The summed E-state index contributed by atoms with van der Waals surface area (Å²) in [5.74, 6) is 0.649. The van der Waals surface area contributed by atoms with E-state index in [1.54, 1.807) is 22.9 Å². The zero-order valence-corrected chi connectivity index (χ0v) is 43.6. The molecule has 3 N–H and O–H groups in total. The van der Waals surface area contributed by atoms with Crippen molar-refractivity contribution in [1.29, 1.82) is 0 Å². The molecule has 11 rings (SSSR count). The topological polar surface area (TPSA) is 205 Å². The number of anilines is 2. The first kappa shape index (κ1) is 51.4. The highest BCUT2D eigenvalue weighted by Gasteiger charge is 2.45. The fourth-order valence-corrected chi connectivity index (χ4v) is 10.6. The van der Waals surface area contributed by atoms with E-state index >= 15 is 0 Å². The third-order valence-electron chi connectivity index (χ3n) is 14.5. The Morgan fingerprint density at radius 3 is 2.45 bits per heavy atom. The lowest BCUT2D eigenvalue weighted by Crippen LogP contribution is -2.54. The molecule has 78 heavy (non-hydrogen) atoms. The molecule has 2 aliphatic carbocycles. The summed E-state index contributed by atoms with van der Waals surface area (Å²) in [5.41, 5.74) is 13.2. The lowest BCUT2D eigenvalue weighted by atomic mass is 9.83. The smallest absolute Gasteiger partial charge is 0.264 e. The maximum Gasteiger partial charge on any atom is 0.264 e. The van der Waals surface area contributed by atoms with E-state index in [2.05, 4.69) is 101 Å². The molecule has 4 aliphatic rings. The number of para-hydroxylation sites is 1. The van der Waals surface area contributed by atoms with Gasteiger partial charge in [0, 0.05) is 84.1 Å². The van der Waals surface area contributed by atoms with Crippen LogP contribution in [0.1, 0.15) is 92.8 Å². The van der Waals surface area contributed by atoms with Gasteiger partial charge in [-0.05, 0) is 103 Å². The summed E-state index contributed by atoms with van der Waals surface area (Å²) in [6, 6.07) is 27.3. The first-order valence-electron chi connectivity index (χ1n) is 26.7. The average Bonchev–Trinajstić information content (AvgIpc) is 4.17. The Morgan fingerprint density at radius 2 is 1.62 bits per heavy atom. The van der Waals surface area contributed by atoms with Crippen LogP contribution in [0.4, 0.5) is 11.5 Å². The SMILES string of the molecule is CCCOc1ccccc1-c1cnc(-c2cnc(-c3ccc(NCCCn4cc(COCCOCCNc5cccc6c5C(=O)N(C5CCC(=O)NC5=O)C6=O)nn4)nc3)c(C)c2)c(/C=C/c2ccc3c(c2)CC2C=C[C@H]32)c1. The minimum Gasteiger partial charge on any atom is -0.493 e. The zero-order chi connectivity index (χ0) is 53.5. The number of amides is 4. The van der Waals surface area contributed by atoms with E-state index in [1.807, 2.05) is 55.1 Å². The van der Waals surface area contributed by atoms with Gasteiger partial charge < -0.3 is 24.8 Å². The van der Waals surface area contributed by atoms with Crippen molar-refractivity contribution in [3.05, 3.63) is 167 Å². The molecule has 1 fully saturated rings. The second-order valence-electron chi connectivity index (χ2n) is 19.9. The van der Waals surface area contributed by atoms with E-state index in [4.69, 9.17) is 29.2 Å². The van der Waals surface area contributed by atoms with Gasteiger partial charge in [-0.25, -0.2) is 4.98 Å². The number of carbonyl (C=O) groups is 4. The standard InChI is InChI=1S/C61H60N10O7/c1-3-25-78-53-11-5-4-8-49(53)44-32-41(14-12-39-13-17-48-43(30-39)31-40-15-18-47(40)48)58(66-34-44)45-29-38(2)57(65-35-45)42-16-20-54(64-33-42)63-22-7-24-70-36-46(68-69-70)37-77-28-27-76-26-23-62-51-10-6-9-50-56(51)61(75)71(60(50)74)52-19-21-55(72)67-59(52)73/h4-6,8-18,20,29-30,32-36,40,47,52,62H,3,7,19,21-28,31,37H2,1-2H3,(H,63,64)(H,67,72,73)/b14-12+/t40?,47-,52?/m0/s1. The molecule has 17 heteroatoms. The highest BCUT2D eigenvalue weighted by atomic mass is 16.5. The number of benzene rings is 3. The van der Waals surface area contributed by atoms with Crippen LogP contribution in [0.15, 0.2) is 122 Å². The van der Waals surface area contributed by atoms with E-state index in [0.717, 1.165) is 80.5 Å². The van der Waals surface area contributed by atoms with E-state index < -0.39 is 29.7 Å². The van der Waals surface area contributed by atoms with Gasteiger partial charge in [0.2, 0.25) is 11.8 Å². The number of aromatic nitrogens is 6. The van der Waals surface area contributed by atoms with Crippen molar-refractivity contribution >= 4 is 47.3 Å². The summed E-state index contributed by atoms with van der Waals surface area (Å²) in [6.07, 6.45) is 19.6. The summed E-state index contributed by atoms with van der Waals surface area (Å²) >= 11 is 0. The highest BCUT2D eigenvalue weighted by molar-refractivity contribution is 6.25. The molecular formula is C61H60N10O7. The Balaban J connectivity index is 0.632. The molecule has 3 atom stereocenters. The van der Waals surface area contributed by atoms with Crippen LogP contribution in [0, 0.1) is 12.8 Å². The summed E-state index contributed by atoms with van der Waals surface area (Å²) in [7, 11) is 0. The number of aryl methyl sites for hydroxylation is 2. The lowest BCUT2D eigenvalue weighted by molar-refractivity contribution is -0.136. The number of fused-ring (bicyclic) bond motifs is 4. The largest absolute Gasteiger partial charge is 0.493 e. The molecule has 4 amide bonds. The number of allylic oxidation sites excluding steroid dienone is 2. The van der Waals surface area contributed by atoms with Crippen LogP contribution in [0.2, 0.25) is 0 Å². The molecule has 2 aliphatic heterocycles. The number of carbonyl (C=O) groups excluding carboxylic acids is 4. The molecular weight excluding hydrogens is 985 g/mol. The first-order chi connectivity index (χ1) is 38.2. The molecule has 0 saturated carbocycles. The first-order valence-corrected chi connectivity index (χ1v) is 26.7. The third kappa shape index (κ3) is 11.1. The minimum absolute atomic E-state index is 0.0583. The molecule has 0 radical (unpaired) electrons. The molecule has 0 spiro atoms. The van der Waals surface area contributed by atoms with Crippen molar-refractivity contribution in [2.75, 3.05) is 50.2 Å². The van der Waals surface area contributed by atoms with Crippen LogP contribution in [0.25, 0.3) is 45.8 Å². The second kappa shape index (κ2) is 23.3. The van der Waals surface area contributed by atoms with Crippen LogP contribution in [0.3, 0.4) is 0 Å². The summed E-state index contributed by atoms with van der Waals surface area (Å²) in [5, 5.41) is 17.3. The zero-order valence-electron chi connectivity index (χ0n) is 43.6. The molecule has 3 aromatic carbocycles. The Labute approximate surface area is 452 Å². The van der Waals surface area contributed by atoms with Gasteiger partial charge in [-0.3, -0.25) is 44.0 Å². The number of nitrogens with zero attached hydrogens (tertiary/aromatic N) is 7. The number of imide groups is 2. The number of pyridine rings is 3. The van der Waals surface area contributed by atoms with E-state index in [-0.39, 0.29) is 30.6 Å². The monoisotopic (exact) mass is 1040 g/mol. The van der Waals surface area contributed by atoms with Crippen molar-refractivity contribution in [2.24, 2.45) is 5.92 Å². The van der Waals surface area contributed by atoms with Crippen molar-refractivity contribution < 1.29 is 33.4 Å². The van der Waals surface area contributed by atoms with Crippen molar-refractivity contribution in [1.82, 2.24) is 40.2 Å². The predicted molar refractivity (Wildman–Crippen MR) is 296 cm³/mol. The molecule has 2 unspecified atom stereocenters. The van der Waals surface area contributed by atoms with Crippen molar-refractivity contribution in [2.45, 2.75) is 71.1 Å². The minimum atomic E-state index is -1.02. The van der Waals surface area contributed by atoms with Crippen LogP contribution in [-0.4, -0.2) is 104 Å². The number of hydrogen-bond acceptors (Lipinski definition) is 14. The highest BCUT2D eigenvalue weighted by Crippen LogP contribution is 2.46. The van der Waals surface area contributed by atoms with E-state index in [0.29, 0.717) is 69.3 Å². The third-order valence-corrected chi connectivity index (χ3v) is 14.5. The van der Waals surface area contributed by atoms with Gasteiger partial charge in [-0.15, -0.1) is 5.10 Å². The number of hydrogen-bond donors (Lipinski definition) is 3. The predicted octanol–water partition coefficient (Wildman–Crippen LogP) is 9.11. The Kier molecular flexibility index (Phi) is 15.4. The van der Waals surface area contributed by atoms with Gasteiger partial charge >= 0.3 is 0 Å². The van der Waals surface area contributed by atoms with Gasteiger partial charge in [0.1, 0.15) is 23.3 Å². The number of ether oxygens (including phenoxy) is 3. The fourth-order valence-electron chi connectivity index (χ4n) is 10.6. The molecule has 1 saturated heterocycles. The van der Waals surface area contributed by atoms with Crippen molar-refractivity contribution in [3.8, 4) is 39.4 Å². The number of piperidine rings is 1. The van der Waals surface area contributed by atoms with Crippen LogP contribution >= 0.6 is 0 Å². The van der Waals surface area contributed by atoms with E-state index in [1.165, 1.54) is 16.7 Å². The molecule has 17 nitrogen and oxygen atoms in total. The fraction of sp³-hybridized carbons (Fsp3) is 0.295. The Bertz CT molecular complexity index is 3460. The Morgan fingerprint density at radius 1 is 0.769 bits per heavy atom. The van der Waals surface area contributed by atoms with Crippen LogP contribution in [-0.2, 0) is 38.6 Å². The van der Waals surface area contributed by atoms with Gasteiger partial charge in [-0.1, -0.05) is 78.9 Å². The van der Waals surface area contributed by atoms with Crippen molar-refractivity contribution in [3.63, 3.8) is 0 Å². The van der Waals surface area contributed by atoms with Crippen LogP contribution < -0.4 is 20.7 Å². The average molecular weight is 1050 g/mol. The Hall–Kier alpha value is -8.67. The maximum absolute atomic E-state index is 13.3. The van der Waals surface area contributed by atoms with Gasteiger partial charge in [0.15, 0.2) is 0 Å². The van der Waals surface area contributed by atoms with Gasteiger partial charge in [-0.2, -0.15) is 0 Å². The molecule has 4 aromatic heterocycles. The van der Waals surface area contributed by atoms with Gasteiger partial charge in [0.25, 0.3) is 11.8 Å².